The largest absolute Gasteiger partial charge is 0.325 e. The molecular weight excluding hydrogens is 336 g/mol. The van der Waals surface area contributed by atoms with Crippen molar-refractivity contribution < 1.29 is 14.4 Å². The second kappa shape index (κ2) is 6.80. The number of thiophene rings is 1. The lowest BCUT2D eigenvalue weighted by Crippen LogP contribution is -2.57. The number of benzene rings is 1. The van der Waals surface area contributed by atoms with E-state index in [4.69, 9.17) is 0 Å². The predicted molar refractivity (Wildman–Crippen MR) is 98.4 cm³/mol. The van der Waals surface area contributed by atoms with Crippen molar-refractivity contribution in [3.05, 3.63) is 51.7 Å². The van der Waals surface area contributed by atoms with E-state index in [-0.39, 0.29) is 30.2 Å². The summed E-state index contributed by atoms with van der Waals surface area (Å²) in [5.41, 5.74) is 2.46. The number of nitrogens with zero attached hydrogens (tertiary/aromatic N) is 2. The van der Waals surface area contributed by atoms with E-state index in [1.165, 1.54) is 18.3 Å². The highest BCUT2D eigenvalue weighted by Gasteiger charge is 2.34. The first-order valence-corrected chi connectivity index (χ1v) is 9.02. The molecule has 0 spiro atoms. The Morgan fingerprint density at radius 1 is 1.20 bits per heavy atom. The van der Waals surface area contributed by atoms with Gasteiger partial charge < -0.3 is 9.80 Å². The Labute approximate surface area is 150 Å². The Hall–Kier alpha value is -2.47. The molecule has 2 amide bonds. The Bertz CT molecular complexity index is 825. The molecule has 25 heavy (non-hydrogen) atoms. The summed E-state index contributed by atoms with van der Waals surface area (Å²) in [5.74, 6) is -0.358. The smallest absolute Gasteiger partial charge is 0.255 e. The van der Waals surface area contributed by atoms with E-state index in [2.05, 4.69) is 0 Å². The van der Waals surface area contributed by atoms with Gasteiger partial charge in [-0.2, -0.15) is 0 Å². The molecule has 1 atom stereocenters. The standard InChI is InChI=1S/C19H20N2O3S/c1-12-4-6-16(7-5-12)21-9-13(2)20(10-18(21)23)19(24)15-8-17(14(3)22)25-11-15/h4-8,11,13H,9-10H2,1-3H3/t13-/m0/s1. The number of ketones is 1. The average Bonchev–Trinajstić information content (AvgIpc) is 3.07. The quantitative estimate of drug-likeness (QED) is 0.794. The molecule has 0 N–H and O–H groups in total. The lowest BCUT2D eigenvalue weighted by molar-refractivity contribution is -0.121. The van der Waals surface area contributed by atoms with Crippen molar-refractivity contribution in [2.75, 3.05) is 18.0 Å². The van der Waals surface area contributed by atoms with Crippen molar-refractivity contribution in [2.45, 2.75) is 26.8 Å². The zero-order chi connectivity index (χ0) is 18.1. The molecule has 0 unspecified atom stereocenters. The van der Waals surface area contributed by atoms with Gasteiger partial charge in [-0.05, 0) is 39.0 Å². The SMILES string of the molecule is CC(=O)c1cc(C(=O)N2CC(=O)N(c3ccc(C)cc3)C[C@@H]2C)cs1. The number of aryl methyl sites for hydroxylation is 1. The van der Waals surface area contributed by atoms with Gasteiger partial charge in [-0.3, -0.25) is 14.4 Å². The highest BCUT2D eigenvalue weighted by Crippen LogP contribution is 2.23. The molecule has 3 rings (SSSR count). The first-order valence-electron chi connectivity index (χ1n) is 8.14. The van der Waals surface area contributed by atoms with Crippen LogP contribution in [0.4, 0.5) is 5.69 Å². The number of rotatable bonds is 3. The Kier molecular flexibility index (Phi) is 4.72. The molecular formula is C19H20N2O3S. The minimum atomic E-state index is -0.201. The highest BCUT2D eigenvalue weighted by atomic mass is 32.1. The zero-order valence-corrected chi connectivity index (χ0v) is 15.3. The van der Waals surface area contributed by atoms with Gasteiger partial charge in [-0.25, -0.2) is 0 Å². The lowest BCUT2D eigenvalue weighted by Gasteiger charge is -2.39. The van der Waals surface area contributed by atoms with Crippen LogP contribution in [-0.4, -0.2) is 41.6 Å². The van der Waals surface area contributed by atoms with Crippen molar-refractivity contribution in [2.24, 2.45) is 0 Å². The van der Waals surface area contributed by atoms with E-state index in [0.717, 1.165) is 11.3 Å². The first-order chi connectivity index (χ1) is 11.9. The molecule has 0 radical (unpaired) electrons. The van der Waals surface area contributed by atoms with E-state index in [9.17, 15) is 14.4 Å². The minimum absolute atomic E-state index is 0.0408. The van der Waals surface area contributed by atoms with Crippen molar-refractivity contribution in [1.29, 1.82) is 0 Å². The number of hydrogen-bond acceptors (Lipinski definition) is 4. The van der Waals surface area contributed by atoms with Gasteiger partial charge in [0.25, 0.3) is 5.91 Å². The van der Waals surface area contributed by atoms with Crippen LogP contribution in [0.5, 0.6) is 0 Å². The van der Waals surface area contributed by atoms with E-state index in [1.54, 1.807) is 21.2 Å². The van der Waals surface area contributed by atoms with Crippen molar-refractivity contribution in [1.82, 2.24) is 4.90 Å². The summed E-state index contributed by atoms with van der Waals surface area (Å²) < 4.78 is 0. The van der Waals surface area contributed by atoms with Gasteiger partial charge in [-0.1, -0.05) is 17.7 Å². The number of amides is 2. The number of piperazine rings is 1. The third-order valence-electron chi connectivity index (χ3n) is 4.39. The van der Waals surface area contributed by atoms with Crippen LogP contribution in [0.1, 0.15) is 39.4 Å². The molecule has 0 bridgehead atoms. The number of carbonyl (C=O) groups is 3. The van der Waals surface area contributed by atoms with Gasteiger partial charge >= 0.3 is 0 Å². The minimum Gasteiger partial charge on any atom is -0.325 e. The van der Waals surface area contributed by atoms with Crippen LogP contribution in [0.2, 0.25) is 0 Å². The third-order valence-corrected chi connectivity index (χ3v) is 5.42. The molecule has 1 saturated heterocycles. The second-order valence-corrected chi connectivity index (χ2v) is 7.29. The maximum Gasteiger partial charge on any atom is 0.255 e. The number of hydrogen-bond donors (Lipinski definition) is 0. The predicted octanol–water partition coefficient (Wildman–Crippen LogP) is 3.14. The molecule has 1 aromatic carbocycles. The molecule has 1 fully saturated rings. The highest BCUT2D eigenvalue weighted by molar-refractivity contribution is 7.12. The number of anilines is 1. The van der Waals surface area contributed by atoms with Gasteiger partial charge in [0.2, 0.25) is 5.91 Å². The van der Waals surface area contributed by atoms with Crippen molar-refractivity contribution in [3.8, 4) is 0 Å². The first kappa shape index (κ1) is 17.4. The van der Waals surface area contributed by atoms with E-state index < -0.39 is 0 Å². The molecule has 0 saturated carbocycles. The van der Waals surface area contributed by atoms with E-state index in [1.807, 2.05) is 38.1 Å². The Morgan fingerprint density at radius 2 is 1.88 bits per heavy atom. The van der Waals surface area contributed by atoms with Crippen LogP contribution in [0.15, 0.2) is 35.7 Å². The van der Waals surface area contributed by atoms with Gasteiger partial charge in [0, 0.05) is 23.7 Å². The van der Waals surface area contributed by atoms with Gasteiger partial charge in [0.1, 0.15) is 6.54 Å². The average molecular weight is 356 g/mol. The lowest BCUT2D eigenvalue weighted by atomic mass is 10.1. The Morgan fingerprint density at radius 3 is 2.48 bits per heavy atom. The van der Waals surface area contributed by atoms with Gasteiger partial charge in [0.15, 0.2) is 5.78 Å². The summed E-state index contributed by atoms with van der Waals surface area (Å²) in [6.45, 7) is 5.91. The fourth-order valence-electron chi connectivity index (χ4n) is 2.90. The molecule has 0 aliphatic carbocycles. The van der Waals surface area contributed by atoms with Crippen molar-refractivity contribution in [3.63, 3.8) is 0 Å². The molecule has 2 heterocycles. The maximum atomic E-state index is 12.7. The molecule has 130 valence electrons. The fraction of sp³-hybridized carbons (Fsp3) is 0.316. The number of carbonyl (C=O) groups excluding carboxylic acids is 3. The maximum absolute atomic E-state index is 12.7. The normalized spacial score (nSPS) is 17.7. The summed E-state index contributed by atoms with van der Waals surface area (Å²) in [4.78, 5) is 40.6. The molecule has 5 nitrogen and oxygen atoms in total. The van der Waals surface area contributed by atoms with Crippen LogP contribution in [0.3, 0.4) is 0 Å². The van der Waals surface area contributed by atoms with Crippen molar-refractivity contribution >= 4 is 34.6 Å². The van der Waals surface area contributed by atoms with Gasteiger partial charge in [-0.15, -0.1) is 11.3 Å². The zero-order valence-electron chi connectivity index (χ0n) is 14.5. The molecule has 2 aromatic rings. The van der Waals surface area contributed by atoms with E-state index >= 15 is 0 Å². The second-order valence-electron chi connectivity index (χ2n) is 6.38. The molecule has 1 aromatic heterocycles. The molecule has 1 aliphatic heterocycles. The monoisotopic (exact) mass is 356 g/mol. The summed E-state index contributed by atoms with van der Waals surface area (Å²) >= 11 is 1.26. The van der Waals surface area contributed by atoms with Crippen LogP contribution < -0.4 is 4.90 Å². The van der Waals surface area contributed by atoms with Crippen LogP contribution in [0, 0.1) is 6.92 Å². The fourth-order valence-corrected chi connectivity index (χ4v) is 3.68. The van der Waals surface area contributed by atoms with Crippen LogP contribution in [-0.2, 0) is 4.79 Å². The summed E-state index contributed by atoms with van der Waals surface area (Å²) in [5, 5.41) is 1.68. The third kappa shape index (κ3) is 3.49. The summed E-state index contributed by atoms with van der Waals surface area (Å²) in [7, 11) is 0. The summed E-state index contributed by atoms with van der Waals surface area (Å²) in [6.07, 6.45) is 0. The summed E-state index contributed by atoms with van der Waals surface area (Å²) in [6, 6.07) is 9.30. The number of Topliss-reactive ketones (excluding diaryl/α,β-unsaturated/α-hetero) is 1. The molecule has 1 aliphatic rings. The van der Waals surface area contributed by atoms with E-state index in [0.29, 0.717) is 17.0 Å². The van der Waals surface area contributed by atoms with Gasteiger partial charge in [0.05, 0.1) is 10.4 Å². The Balaban J connectivity index is 1.77. The topological polar surface area (TPSA) is 57.7 Å². The van der Waals surface area contributed by atoms with Crippen LogP contribution >= 0.6 is 11.3 Å². The molecule has 6 heteroatoms. The van der Waals surface area contributed by atoms with Crippen LogP contribution in [0.25, 0.3) is 0 Å².